The van der Waals surface area contributed by atoms with E-state index in [2.05, 4.69) is 6.07 Å². The number of hydrogen-bond donors (Lipinski definition) is 0. The summed E-state index contributed by atoms with van der Waals surface area (Å²) in [4.78, 5) is -1.07. The summed E-state index contributed by atoms with van der Waals surface area (Å²) in [6, 6.07) is 9.96. The number of thioether (sulfide) groups is 2. The summed E-state index contributed by atoms with van der Waals surface area (Å²) in [5, 5.41) is 0. The van der Waals surface area contributed by atoms with Crippen molar-refractivity contribution in [2.75, 3.05) is 0 Å². The summed E-state index contributed by atoms with van der Waals surface area (Å²) in [7, 11) is 0. The van der Waals surface area contributed by atoms with Gasteiger partial charge >= 0.3 is 11.0 Å². The van der Waals surface area contributed by atoms with E-state index in [9.17, 15) is 26.3 Å². The van der Waals surface area contributed by atoms with E-state index >= 15 is 0 Å². The van der Waals surface area contributed by atoms with Crippen molar-refractivity contribution in [2.45, 2.75) is 34.7 Å². The largest absolute Gasteiger partial charge is 0.446 e. The van der Waals surface area contributed by atoms with Crippen LogP contribution in [0.2, 0.25) is 0 Å². The van der Waals surface area contributed by atoms with Crippen LogP contribution in [0, 0.1) is 19.9 Å². The van der Waals surface area contributed by atoms with Crippen LogP contribution in [0.3, 0.4) is 0 Å². The molecule has 0 unspecified atom stereocenters. The van der Waals surface area contributed by atoms with Crippen LogP contribution in [0.15, 0.2) is 40.1 Å². The zero-order valence-corrected chi connectivity index (χ0v) is 14.1. The minimum Gasteiger partial charge on any atom is -0.160 e. The fourth-order valence-electron chi connectivity index (χ4n) is 2.23. The molecule has 2 rings (SSSR count). The monoisotopic (exact) mass is 381 g/mol. The number of hydrogen-bond acceptors (Lipinski definition) is 2. The lowest BCUT2D eigenvalue weighted by Gasteiger charge is -2.17. The fourth-order valence-corrected chi connectivity index (χ4v) is 3.72. The van der Waals surface area contributed by atoms with E-state index in [1.54, 1.807) is 26.0 Å². The van der Waals surface area contributed by atoms with Crippen LogP contribution in [-0.4, -0.2) is 11.0 Å². The molecule has 24 heavy (non-hydrogen) atoms. The molecule has 0 aliphatic rings. The molecule has 0 aliphatic carbocycles. The Bertz CT molecular complexity index is 714. The predicted octanol–water partition coefficient (Wildman–Crippen LogP) is 6.99. The number of aryl methyl sites for hydroxylation is 2. The van der Waals surface area contributed by atoms with E-state index in [0.29, 0.717) is 5.56 Å². The molecule has 0 bridgehead atoms. The van der Waals surface area contributed by atoms with Gasteiger partial charge in [0, 0.05) is 9.79 Å². The Labute approximate surface area is 143 Å². The van der Waals surface area contributed by atoms with Crippen LogP contribution in [-0.2, 0) is 0 Å². The third-order valence-electron chi connectivity index (χ3n) is 2.88. The number of alkyl halides is 6. The Hall–Kier alpha value is -1.28. The normalized spacial score (nSPS) is 12.5. The molecule has 0 atom stereocenters. The molecule has 2 aromatic rings. The molecule has 0 fully saturated rings. The maximum absolute atomic E-state index is 12.9. The van der Waals surface area contributed by atoms with Crippen LogP contribution in [0.4, 0.5) is 26.3 Å². The molecule has 0 nitrogen and oxygen atoms in total. The Morgan fingerprint density at radius 1 is 0.833 bits per heavy atom. The molecule has 0 aliphatic heterocycles. The zero-order valence-electron chi connectivity index (χ0n) is 12.5. The van der Waals surface area contributed by atoms with Gasteiger partial charge in [-0.15, -0.1) is 0 Å². The molecule has 0 spiro atoms. The van der Waals surface area contributed by atoms with E-state index in [4.69, 9.17) is 0 Å². The summed E-state index contributed by atoms with van der Waals surface area (Å²) >= 11 is -1.14. The lowest BCUT2D eigenvalue weighted by Crippen LogP contribution is -2.04. The van der Waals surface area contributed by atoms with Gasteiger partial charge in [-0.05, 0) is 54.6 Å². The van der Waals surface area contributed by atoms with Gasteiger partial charge in [0.1, 0.15) is 0 Å². The van der Waals surface area contributed by atoms with Crippen LogP contribution < -0.4 is 0 Å². The predicted molar refractivity (Wildman–Crippen MR) is 84.0 cm³/mol. The van der Waals surface area contributed by atoms with E-state index in [1.165, 1.54) is 12.1 Å². The highest BCUT2D eigenvalue weighted by Crippen LogP contribution is 2.49. The summed E-state index contributed by atoms with van der Waals surface area (Å²) in [6.07, 6.45) is 0. The maximum Gasteiger partial charge on any atom is 0.446 e. The molecular formula is C16H11F6S2. The highest BCUT2D eigenvalue weighted by atomic mass is 32.2. The molecule has 0 amide bonds. The first kappa shape index (κ1) is 19.1. The third kappa shape index (κ3) is 5.37. The van der Waals surface area contributed by atoms with Crippen LogP contribution >= 0.6 is 23.5 Å². The first-order valence-corrected chi connectivity index (χ1v) is 8.23. The lowest BCUT2D eigenvalue weighted by molar-refractivity contribution is -0.0346. The summed E-state index contributed by atoms with van der Waals surface area (Å²) in [6.45, 7) is 3.54. The highest BCUT2D eigenvalue weighted by molar-refractivity contribution is 8.03. The van der Waals surface area contributed by atoms with Crippen molar-refractivity contribution in [3.05, 3.63) is 47.5 Å². The van der Waals surface area contributed by atoms with Gasteiger partial charge in [-0.2, -0.15) is 26.3 Å². The van der Waals surface area contributed by atoms with E-state index < -0.39 is 44.3 Å². The molecule has 0 N–H and O–H groups in total. The van der Waals surface area contributed by atoms with Gasteiger partial charge in [-0.1, -0.05) is 41.5 Å². The lowest BCUT2D eigenvalue weighted by atomic mass is 10.0. The molecular weight excluding hydrogens is 370 g/mol. The van der Waals surface area contributed by atoms with Crippen molar-refractivity contribution in [1.29, 1.82) is 0 Å². The molecule has 2 aromatic carbocycles. The summed E-state index contributed by atoms with van der Waals surface area (Å²) in [5.74, 6) is 0. The molecule has 129 valence electrons. The average Bonchev–Trinajstić information content (AvgIpc) is 2.36. The quantitative estimate of drug-likeness (QED) is 0.415. The van der Waals surface area contributed by atoms with Gasteiger partial charge in [0.25, 0.3) is 0 Å². The van der Waals surface area contributed by atoms with Gasteiger partial charge in [-0.25, -0.2) is 0 Å². The minimum atomic E-state index is -4.70. The highest BCUT2D eigenvalue weighted by Gasteiger charge is 2.36. The molecule has 0 saturated carbocycles. The van der Waals surface area contributed by atoms with E-state index in [1.807, 2.05) is 6.07 Å². The number of halogens is 6. The second-order valence-electron chi connectivity index (χ2n) is 5.02. The summed E-state index contributed by atoms with van der Waals surface area (Å²) < 4.78 is 76.6. The van der Waals surface area contributed by atoms with Crippen molar-refractivity contribution in [3.63, 3.8) is 0 Å². The standard InChI is InChI=1S/C16H11F6S2/c1-9-6-10(2)8-11(7-9)12-4-3-5-13(23-15(17,18)19)14(12)24-16(20,21)22/h3-4,6-8H,1-2H3. The van der Waals surface area contributed by atoms with Gasteiger partial charge < -0.3 is 0 Å². The SMILES string of the molecule is Cc1cc(C)cc(-c2cc[c]c(SC(F)(F)F)c2SC(F)(F)F)c1. The molecule has 0 saturated heterocycles. The first-order valence-electron chi connectivity index (χ1n) is 6.59. The Morgan fingerprint density at radius 3 is 1.88 bits per heavy atom. The minimum absolute atomic E-state index is 0.106. The van der Waals surface area contributed by atoms with Gasteiger partial charge in [0.2, 0.25) is 0 Å². The second-order valence-corrected chi connectivity index (χ2v) is 7.17. The van der Waals surface area contributed by atoms with Gasteiger partial charge in [-0.3, -0.25) is 0 Å². The van der Waals surface area contributed by atoms with Crippen molar-refractivity contribution in [1.82, 2.24) is 0 Å². The second kappa shape index (κ2) is 6.92. The van der Waals surface area contributed by atoms with Crippen molar-refractivity contribution >= 4 is 23.5 Å². The molecule has 0 heterocycles. The smallest absolute Gasteiger partial charge is 0.160 e. The maximum atomic E-state index is 12.9. The third-order valence-corrected chi connectivity index (χ3v) is 4.63. The van der Waals surface area contributed by atoms with E-state index in [-0.39, 0.29) is 5.56 Å². The number of rotatable bonds is 3. The van der Waals surface area contributed by atoms with Crippen molar-refractivity contribution < 1.29 is 26.3 Å². The zero-order chi connectivity index (χ0) is 18.1. The summed E-state index contributed by atoms with van der Waals surface area (Å²) in [5.41, 5.74) is -7.23. The Morgan fingerprint density at radius 2 is 1.38 bits per heavy atom. The topological polar surface area (TPSA) is 0 Å². The molecule has 0 aromatic heterocycles. The van der Waals surface area contributed by atoms with Crippen LogP contribution in [0.25, 0.3) is 11.1 Å². The van der Waals surface area contributed by atoms with Crippen molar-refractivity contribution in [2.24, 2.45) is 0 Å². The van der Waals surface area contributed by atoms with Gasteiger partial charge in [0.15, 0.2) is 0 Å². The van der Waals surface area contributed by atoms with Crippen LogP contribution in [0.5, 0.6) is 0 Å². The van der Waals surface area contributed by atoms with E-state index in [0.717, 1.165) is 11.1 Å². The molecule has 8 heteroatoms. The Balaban J connectivity index is 2.63. The number of benzene rings is 2. The van der Waals surface area contributed by atoms with Crippen molar-refractivity contribution in [3.8, 4) is 11.1 Å². The average molecular weight is 381 g/mol. The van der Waals surface area contributed by atoms with Gasteiger partial charge in [0.05, 0.1) is 0 Å². The first-order chi connectivity index (χ1) is 10.9. The molecule has 1 radical (unpaired) electrons. The van der Waals surface area contributed by atoms with Crippen LogP contribution in [0.1, 0.15) is 11.1 Å². The fraction of sp³-hybridized carbons (Fsp3) is 0.250. The Kier molecular flexibility index (Phi) is 5.49.